The first kappa shape index (κ1) is 24.5. The van der Waals surface area contributed by atoms with Crippen molar-refractivity contribution in [3.8, 4) is 10.4 Å². The average Bonchev–Trinajstić information content (AvgIpc) is 3.41. The minimum atomic E-state index is -0.446. The molecule has 0 fully saturated rings. The van der Waals surface area contributed by atoms with Crippen molar-refractivity contribution in [3.63, 3.8) is 0 Å². The van der Waals surface area contributed by atoms with Crippen molar-refractivity contribution in [3.05, 3.63) is 126 Å². The van der Waals surface area contributed by atoms with Gasteiger partial charge in [0.05, 0.1) is 10.4 Å². The Labute approximate surface area is 212 Å². The van der Waals surface area contributed by atoms with Gasteiger partial charge in [0.2, 0.25) is 5.91 Å². The highest BCUT2D eigenvalue weighted by Gasteiger charge is 2.15. The number of aromatic nitrogens is 1. The summed E-state index contributed by atoms with van der Waals surface area (Å²) in [6.07, 6.45) is 1.85. The molecule has 5 aromatic rings. The number of anilines is 1. The van der Waals surface area contributed by atoms with E-state index in [1.807, 2.05) is 36.8 Å². The van der Waals surface area contributed by atoms with Crippen LogP contribution in [-0.2, 0) is 4.79 Å². The minimum absolute atomic E-state index is 0.0510. The van der Waals surface area contributed by atoms with E-state index < -0.39 is 7.92 Å². The van der Waals surface area contributed by atoms with Gasteiger partial charge in [-0.05, 0) is 54.0 Å². The maximum atomic E-state index is 10.9. The second kappa shape index (κ2) is 12.2. The van der Waals surface area contributed by atoms with E-state index in [0.29, 0.717) is 0 Å². The van der Waals surface area contributed by atoms with Crippen LogP contribution >= 0.6 is 19.3 Å². The van der Waals surface area contributed by atoms with Crippen molar-refractivity contribution in [2.75, 3.05) is 5.32 Å². The number of nitrogens with one attached hydrogen (secondary N) is 1. The number of thiazole rings is 1. The number of nitrogens with zero attached hydrogens (tertiary/aromatic N) is 1. The summed E-state index contributed by atoms with van der Waals surface area (Å²) >= 11 is 1.61. The molecule has 5 heteroatoms. The molecule has 1 heterocycles. The molecule has 0 aliphatic rings. The lowest BCUT2D eigenvalue weighted by atomic mass is 10.1. The average molecular weight is 495 g/mol. The fourth-order valence-corrected chi connectivity index (χ4v) is 6.77. The van der Waals surface area contributed by atoms with Crippen LogP contribution < -0.4 is 21.2 Å². The molecule has 4 aromatic carbocycles. The Bertz CT molecular complexity index is 1250. The highest BCUT2D eigenvalue weighted by Crippen LogP contribution is 2.32. The lowest BCUT2D eigenvalue weighted by molar-refractivity contribution is -0.114. The summed E-state index contributed by atoms with van der Waals surface area (Å²) in [5.74, 6) is -0.0510. The molecule has 0 aliphatic heterocycles. The highest BCUT2D eigenvalue weighted by molar-refractivity contribution is 7.79. The standard InChI is InChI=1S/C18H15P.C12H12N2OS/c1-4-10-16(11-5-1)19(17-12-6-2-7-13-17)18-14-8-3-9-15-18;1-8-5-10(14-9(2)15)3-4-11(8)12-6-13-7-16-12/h1-15H;3-7H,1-2H3,(H,14,15). The van der Waals surface area contributed by atoms with Crippen LogP contribution in [0.3, 0.4) is 0 Å². The van der Waals surface area contributed by atoms with Crippen LogP contribution in [0.2, 0.25) is 0 Å². The molecule has 1 aromatic heterocycles. The third-order valence-corrected chi connectivity index (χ3v) is 8.54. The lowest BCUT2D eigenvalue weighted by Gasteiger charge is -2.18. The smallest absolute Gasteiger partial charge is 0.221 e. The Morgan fingerprint density at radius 3 is 1.69 bits per heavy atom. The second-order valence-corrected chi connectivity index (χ2v) is 11.0. The molecule has 0 radical (unpaired) electrons. The van der Waals surface area contributed by atoms with Crippen molar-refractivity contribution in [2.24, 2.45) is 0 Å². The molecule has 1 N–H and O–H groups in total. The fourth-order valence-electron chi connectivity index (χ4n) is 3.75. The molecule has 5 rings (SSSR count). The number of hydrogen-bond acceptors (Lipinski definition) is 3. The summed E-state index contributed by atoms with van der Waals surface area (Å²) in [4.78, 5) is 16.1. The molecular weight excluding hydrogens is 467 g/mol. The van der Waals surface area contributed by atoms with E-state index in [0.717, 1.165) is 21.7 Å². The van der Waals surface area contributed by atoms with Gasteiger partial charge < -0.3 is 5.32 Å². The predicted octanol–water partition coefficient (Wildman–Crippen LogP) is 6.52. The molecule has 0 aliphatic carbocycles. The van der Waals surface area contributed by atoms with Crippen molar-refractivity contribution in [1.82, 2.24) is 4.98 Å². The first-order valence-electron chi connectivity index (χ1n) is 11.3. The minimum Gasteiger partial charge on any atom is -0.326 e. The maximum absolute atomic E-state index is 10.9. The summed E-state index contributed by atoms with van der Waals surface area (Å²) in [6.45, 7) is 3.53. The topological polar surface area (TPSA) is 42.0 Å². The SMILES string of the molecule is CC(=O)Nc1ccc(-c2cncs2)c(C)c1.c1ccc(P(c2ccccc2)c2ccccc2)cc1. The Morgan fingerprint density at radius 1 is 0.771 bits per heavy atom. The summed E-state index contributed by atoms with van der Waals surface area (Å²) in [5, 5.41) is 6.96. The van der Waals surface area contributed by atoms with E-state index in [2.05, 4.69) is 101 Å². The van der Waals surface area contributed by atoms with Gasteiger partial charge in [0.15, 0.2) is 0 Å². The van der Waals surface area contributed by atoms with E-state index >= 15 is 0 Å². The monoisotopic (exact) mass is 494 g/mol. The van der Waals surface area contributed by atoms with Crippen LogP contribution in [0.15, 0.2) is 121 Å². The van der Waals surface area contributed by atoms with Gasteiger partial charge in [0.25, 0.3) is 0 Å². The zero-order valence-corrected chi connectivity index (χ0v) is 21.5. The zero-order chi connectivity index (χ0) is 24.5. The molecule has 0 spiro atoms. The molecule has 0 atom stereocenters. The molecule has 0 unspecified atom stereocenters. The van der Waals surface area contributed by atoms with Gasteiger partial charge in [0, 0.05) is 18.8 Å². The Balaban J connectivity index is 0.000000168. The number of amides is 1. The predicted molar refractivity (Wildman–Crippen MR) is 152 cm³/mol. The van der Waals surface area contributed by atoms with Crippen molar-refractivity contribution >= 4 is 46.8 Å². The van der Waals surface area contributed by atoms with Gasteiger partial charge in [-0.15, -0.1) is 11.3 Å². The van der Waals surface area contributed by atoms with Crippen LogP contribution in [0.4, 0.5) is 5.69 Å². The van der Waals surface area contributed by atoms with Gasteiger partial charge >= 0.3 is 0 Å². The first-order chi connectivity index (χ1) is 17.1. The third kappa shape index (κ3) is 6.73. The number of rotatable bonds is 5. The van der Waals surface area contributed by atoms with E-state index in [9.17, 15) is 4.79 Å². The van der Waals surface area contributed by atoms with Crippen LogP contribution in [0.25, 0.3) is 10.4 Å². The van der Waals surface area contributed by atoms with Gasteiger partial charge in [-0.2, -0.15) is 0 Å². The van der Waals surface area contributed by atoms with Gasteiger partial charge in [-0.3, -0.25) is 9.78 Å². The molecule has 3 nitrogen and oxygen atoms in total. The Morgan fingerprint density at radius 2 is 1.29 bits per heavy atom. The Kier molecular flexibility index (Phi) is 8.56. The molecule has 1 amide bonds. The van der Waals surface area contributed by atoms with E-state index in [-0.39, 0.29) is 5.91 Å². The number of aryl methyl sites for hydroxylation is 1. The van der Waals surface area contributed by atoms with Crippen molar-refractivity contribution in [2.45, 2.75) is 13.8 Å². The fraction of sp³-hybridized carbons (Fsp3) is 0.0667. The van der Waals surface area contributed by atoms with E-state index in [1.165, 1.54) is 22.8 Å². The highest BCUT2D eigenvalue weighted by atomic mass is 32.1. The summed E-state index contributed by atoms with van der Waals surface area (Å²) in [5.41, 5.74) is 4.95. The molecule has 0 bridgehead atoms. The molecule has 35 heavy (non-hydrogen) atoms. The normalized spacial score (nSPS) is 10.4. The van der Waals surface area contributed by atoms with Crippen molar-refractivity contribution in [1.29, 1.82) is 0 Å². The number of benzene rings is 4. The third-order valence-electron chi connectivity index (χ3n) is 5.29. The lowest BCUT2D eigenvalue weighted by Crippen LogP contribution is -2.20. The molecule has 0 saturated carbocycles. The summed E-state index contributed by atoms with van der Waals surface area (Å²) < 4.78 is 0. The summed E-state index contributed by atoms with van der Waals surface area (Å²) in [6, 6.07) is 38.2. The van der Waals surface area contributed by atoms with Crippen LogP contribution in [0.5, 0.6) is 0 Å². The number of carbonyl (C=O) groups excluding carboxylic acids is 1. The maximum Gasteiger partial charge on any atom is 0.221 e. The summed E-state index contributed by atoms with van der Waals surface area (Å²) in [7, 11) is -0.446. The first-order valence-corrected chi connectivity index (χ1v) is 13.6. The van der Waals surface area contributed by atoms with Crippen LogP contribution in [0, 0.1) is 6.92 Å². The largest absolute Gasteiger partial charge is 0.326 e. The van der Waals surface area contributed by atoms with E-state index in [1.54, 1.807) is 11.3 Å². The second-order valence-electron chi connectivity index (χ2n) is 7.92. The zero-order valence-electron chi connectivity index (χ0n) is 19.8. The number of carbonyl (C=O) groups is 1. The quantitative estimate of drug-likeness (QED) is 0.283. The van der Waals surface area contributed by atoms with E-state index in [4.69, 9.17) is 0 Å². The molecular formula is C30H27N2OPS. The van der Waals surface area contributed by atoms with Gasteiger partial charge in [-0.25, -0.2) is 0 Å². The van der Waals surface area contributed by atoms with Crippen LogP contribution in [-0.4, -0.2) is 10.9 Å². The van der Waals surface area contributed by atoms with Crippen molar-refractivity contribution < 1.29 is 4.79 Å². The van der Waals surface area contributed by atoms with Gasteiger partial charge in [-0.1, -0.05) is 97.1 Å². The van der Waals surface area contributed by atoms with Crippen LogP contribution in [0.1, 0.15) is 12.5 Å². The molecule has 0 saturated heterocycles. The molecule has 174 valence electrons. The van der Waals surface area contributed by atoms with Gasteiger partial charge in [0.1, 0.15) is 0 Å². The number of hydrogen-bond donors (Lipinski definition) is 1. The Hall–Kier alpha value is -3.59.